The highest BCUT2D eigenvalue weighted by Crippen LogP contribution is 2.39. The summed E-state index contributed by atoms with van der Waals surface area (Å²) in [7, 11) is 5.62. The van der Waals surface area contributed by atoms with E-state index < -0.39 is 0 Å². The van der Waals surface area contributed by atoms with Gasteiger partial charge in [0.1, 0.15) is 5.75 Å². The van der Waals surface area contributed by atoms with Gasteiger partial charge in [-0.2, -0.15) is 0 Å². The van der Waals surface area contributed by atoms with Crippen LogP contribution in [0.4, 0.5) is 5.95 Å². The van der Waals surface area contributed by atoms with Crippen molar-refractivity contribution in [1.29, 1.82) is 0 Å². The van der Waals surface area contributed by atoms with Crippen molar-refractivity contribution < 1.29 is 9.26 Å². The molecule has 0 bridgehead atoms. The zero-order chi connectivity index (χ0) is 21.3. The second-order valence-corrected chi connectivity index (χ2v) is 8.06. The van der Waals surface area contributed by atoms with Crippen molar-refractivity contribution in [3.8, 4) is 17.1 Å². The van der Waals surface area contributed by atoms with Crippen LogP contribution >= 0.6 is 0 Å². The second kappa shape index (κ2) is 8.44. The first kappa shape index (κ1) is 20.3. The summed E-state index contributed by atoms with van der Waals surface area (Å²) in [5, 5.41) is 4.15. The maximum atomic E-state index is 5.68. The second-order valence-electron chi connectivity index (χ2n) is 8.06. The molecule has 0 aliphatic carbocycles. The molecule has 1 atom stereocenters. The summed E-state index contributed by atoms with van der Waals surface area (Å²) >= 11 is 0. The summed E-state index contributed by atoms with van der Waals surface area (Å²) in [4.78, 5) is 14.0. The minimum absolute atomic E-state index is 0.202. The number of aromatic nitrogens is 3. The van der Waals surface area contributed by atoms with E-state index in [-0.39, 0.29) is 6.04 Å². The van der Waals surface area contributed by atoms with Crippen molar-refractivity contribution in [1.82, 2.24) is 20.0 Å². The zero-order valence-corrected chi connectivity index (χ0v) is 18.3. The van der Waals surface area contributed by atoms with Crippen LogP contribution in [0.5, 0.6) is 5.75 Å². The predicted octanol–water partition coefficient (Wildman–Crippen LogP) is 4.16. The summed E-state index contributed by atoms with van der Waals surface area (Å²) in [6.07, 6.45) is 4.07. The van der Waals surface area contributed by atoms with Gasteiger partial charge in [0.05, 0.1) is 30.1 Å². The van der Waals surface area contributed by atoms with Gasteiger partial charge in [-0.05, 0) is 50.9 Å². The Morgan fingerprint density at radius 1 is 1.20 bits per heavy atom. The Bertz CT molecular complexity index is 1010. The molecule has 30 heavy (non-hydrogen) atoms. The molecule has 0 spiro atoms. The van der Waals surface area contributed by atoms with E-state index in [0.29, 0.717) is 5.95 Å². The van der Waals surface area contributed by atoms with E-state index in [2.05, 4.69) is 27.2 Å². The molecule has 4 rings (SSSR count). The minimum atomic E-state index is 0.202. The molecule has 158 valence electrons. The molecule has 2 aromatic heterocycles. The number of benzene rings is 1. The molecule has 3 heterocycles. The monoisotopic (exact) mass is 407 g/mol. The number of likely N-dealkylation sites (tertiary alicyclic amines) is 1. The molecule has 1 fully saturated rings. The normalized spacial score (nSPS) is 16.8. The number of aryl methyl sites for hydroxylation is 1. The summed E-state index contributed by atoms with van der Waals surface area (Å²) in [5.74, 6) is 2.35. The third kappa shape index (κ3) is 3.89. The third-order valence-electron chi connectivity index (χ3n) is 5.83. The Morgan fingerprint density at radius 3 is 2.60 bits per heavy atom. The van der Waals surface area contributed by atoms with Crippen LogP contribution < -0.4 is 9.64 Å². The van der Waals surface area contributed by atoms with Gasteiger partial charge in [-0.25, -0.2) is 9.97 Å². The van der Waals surface area contributed by atoms with Crippen LogP contribution in [0.2, 0.25) is 0 Å². The van der Waals surface area contributed by atoms with Crippen molar-refractivity contribution in [2.75, 3.05) is 32.6 Å². The topological polar surface area (TPSA) is 67.5 Å². The van der Waals surface area contributed by atoms with E-state index in [4.69, 9.17) is 14.2 Å². The molecule has 0 saturated carbocycles. The van der Waals surface area contributed by atoms with Crippen LogP contribution in [0.1, 0.15) is 41.4 Å². The van der Waals surface area contributed by atoms with Crippen LogP contribution in [0.3, 0.4) is 0 Å². The van der Waals surface area contributed by atoms with Gasteiger partial charge >= 0.3 is 0 Å². The van der Waals surface area contributed by atoms with Crippen LogP contribution in [0, 0.1) is 13.8 Å². The fourth-order valence-electron chi connectivity index (χ4n) is 3.99. The van der Waals surface area contributed by atoms with Crippen LogP contribution in [-0.4, -0.2) is 47.8 Å². The first-order valence-corrected chi connectivity index (χ1v) is 10.3. The molecule has 0 amide bonds. The Morgan fingerprint density at radius 2 is 1.97 bits per heavy atom. The molecule has 3 aromatic rings. The van der Waals surface area contributed by atoms with E-state index in [1.807, 2.05) is 51.2 Å². The van der Waals surface area contributed by atoms with Gasteiger partial charge in [-0.1, -0.05) is 17.3 Å². The lowest BCUT2D eigenvalue weighted by atomic mass is 10.0. The summed E-state index contributed by atoms with van der Waals surface area (Å²) in [6, 6.07) is 8.49. The first-order valence-electron chi connectivity index (χ1n) is 10.3. The van der Waals surface area contributed by atoms with Crippen LogP contribution in [0.25, 0.3) is 11.3 Å². The quantitative estimate of drug-likeness (QED) is 0.608. The number of nitrogens with zero attached hydrogens (tertiary/aromatic N) is 5. The lowest BCUT2D eigenvalue weighted by Crippen LogP contribution is -2.25. The van der Waals surface area contributed by atoms with Crippen molar-refractivity contribution in [3.63, 3.8) is 0 Å². The van der Waals surface area contributed by atoms with Crippen LogP contribution in [-0.2, 0) is 6.54 Å². The Balaban J connectivity index is 1.71. The molecule has 1 aromatic carbocycles. The summed E-state index contributed by atoms with van der Waals surface area (Å²) in [6.45, 7) is 5.90. The van der Waals surface area contributed by atoms with Gasteiger partial charge in [0.15, 0.2) is 5.76 Å². The molecular formula is C23H29N5O2. The van der Waals surface area contributed by atoms with Gasteiger partial charge < -0.3 is 14.2 Å². The molecule has 1 aliphatic rings. The number of anilines is 1. The highest BCUT2D eigenvalue weighted by Gasteiger charge is 2.31. The fraction of sp³-hybridized carbons (Fsp3) is 0.435. The molecule has 0 N–H and O–H groups in total. The largest absolute Gasteiger partial charge is 0.497 e. The molecule has 1 aliphatic heterocycles. The van der Waals surface area contributed by atoms with E-state index >= 15 is 0 Å². The smallest absolute Gasteiger partial charge is 0.225 e. The van der Waals surface area contributed by atoms with Gasteiger partial charge in [-0.3, -0.25) is 4.90 Å². The van der Waals surface area contributed by atoms with Gasteiger partial charge in [0.25, 0.3) is 0 Å². The van der Waals surface area contributed by atoms with Crippen molar-refractivity contribution in [2.45, 2.75) is 39.3 Å². The number of hydrogen-bond acceptors (Lipinski definition) is 7. The molecule has 0 radical (unpaired) electrons. The predicted molar refractivity (Wildman–Crippen MR) is 117 cm³/mol. The van der Waals surface area contributed by atoms with Crippen molar-refractivity contribution in [3.05, 3.63) is 53.0 Å². The summed E-state index contributed by atoms with van der Waals surface area (Å²) < 4.78 is 11.0. The SMILES string of the molecule is COc1ccc(CN2CCC[C@@H]2c2nc(N(C)C)ncc2-c2onc(C)c2C)cc1. The Hall–Kier alpha value is -2.93. The molecular weight excluding hydrogens is 378 g/mol. The third-order valence-corrected chi connectivity index (χ3v) is 5.83. The number of hydrogen-bond donors (Lipinski definition) is 0. The molecule has 7 heteroatoms. The molecule has 1 saturated heterocycles. The standard InChI is InChI=1S/C23H29N5O2/c1-15-16(2)26-30-22(15)19-13-24-23(27(3)4)25-21(19)20-7-6-12-28(20)14-17-8-10-18(29-5)11-9-17/h8-11,13,20H,6-7,12,14H2,1-5H3/t20-/m1/s1. The van der Waals surface area contributed by atoms with Gasteiger partial charge in [0, 0.05) is 32.4 Å². The number of rotatable bonds is 6. The van der Waals surface area contributed by atoms with Crippen molar-refractivity contribution in [2.24, 2.45) is 0 Å². The van der Waals surface area contributed by atoms with E-state index in [1.54, 1.807) is 7.11 Å². The fourth-order valence-corrected chi connectivity index (χ4v) is 3.99. The van der Waals surface area contributed by atoms with E-state index in [1.165, 1.54) is 5.56 Å². The van der Waals surface area contributed by atoms with Crippen molar-refractivity contribution >= 4 is 5.95 Å². The lowest BCUT2D eigenvalue weighted by molar-refractivity contribution is 0.244. The Kier molecular flexibility index (Phi) is 5.72. The molecule has 0 unspecified atom stereocenters. The maximum Gasteiger partial charge on any atom is 0.225 e. The maximum absolute atomic E-state index is 5.68. The Labute approximate surface area is 177 Å². The molecule has 7 nitrogen and oxygen atoms in total. The summed E-state index contributed by atoms with van der Waals surface area (Å²) in [5.41, 5.74) is 5.15. The van der Waals surface area contributed by atoms with Gasteiger partial charge in [0.2, 0.25) is 5.95 Å². The average Bonchev–Trinajstić information content (AvgIpc) is 3.34. The minimum Gasteiger partial charge on any atom is -0.497 e. The first-order chi connectivity index (χ1) is 14.5. The van der Waals surface area contributed by atoms with Gasteiger partial charge in [-0.15, -0.1) is 0 Å². The lowest BCUT2D eigenvalue weighted by Gasteiger charge is -2.26. The number of methoxy groups -OCH3 is 1. The van der Waals surface area contributed by atoms with E-state index in [0.717, 1.165) is 60.0 Å². The average molecular weight is 408 g/mol. The zero-order valence-electron chi connectivity index (χ0n) is 18.3. The van der Waals surface area contributed by atoms with Crippen LogP contribution in [0.15, 0.2) is 35.0 Å². The highest BCUT2D eigenvalue weighted by atomic mass is 16.5. The highest BCUT2D eigenvalue weighted by molar-refractivity contribution is 5.65. The van der Waals surface area contributed by atoms with E-state index in [9.17, 15) is 0 Å². The number of ether oxygens (including phenoxy) is 1.